The Hall–Kier alpha value is -0.570. The highest BCUT2D eigenvalue weighted by Gasteiger charge is 2.23. The van der Waals surface area contributed by atoms with Crippen molar-refractivity contribution in [3.8, 4) is 0 Å². The van der Waals surface area contributed by atoms with Gasteiger partial charge < -0.3 is 11.1 Å². The lowest BCUT2D eigenvalue weighted by molar-refractivity contribution is -0.124. The molecule has 1 aliphatic rings. The van der Waals surface area contributed by atoms with Gasteiger partial charge in [0.2, 0.25) is 5.91 Å². The van der Waals surface area contributed by atoms with Gasteiger partial charge in [-0.2, -0.15) is 0 Å². The Kier molecular flexibility index (Phi) is 4.22. The summed E-state index contributed by atoms with van der Waals surface area (Å²) < 4.78 is 0. The van der Waals surface area contributed by atoms with Gasteiger partial charge in [0.25, 0.3) is 0 Å². The topological polar surface area (TPSA) is 55.1 Å². The van der Waals surface area contributed by atoms with E-state index in [1.165, 1.54) is 25.7 Å². The average Bonchev–Trinajstić information content (AvgIpc) is 2.65. The van der Waals surface area contributed by atoms with Gasteiger partial charge in [0.15, 0.2) is 0 Å². The van der Waals surface area contributed by atoms with Crippen LogP contribution >= 0.6 is 0 Å². The number of rotatable bonds is 4. The zero-order valence-electron chi connectivity index (χ0n) is 8.38. The molecule has 0 radical (unpaired) electrons. The molecule has 76 valence electrons. The van der Waals surface area contributed by atoms with E-state index in [4.69, 9.17) is 5.73 Å². The van der Waals surface area contributed by atoms with Gasteiger partial charge in [-0.1, -0.05) is 25.7 Å². The van der Waals surface area contributed by atoms with Crippen LogP contribution in [0.1, 0.15) is 32.1 Å². The molecule has 1 atom stereocenters. The van der Waals surface area contributed by atoms with Gasteiger partial charge >= 0.3 is 0 Å². The first kappa shape index (κ1) is 10.5. The molecule has 1 amide bonds. The van der Waals surface area contributed by atoms with Crippen LogP contribution in [0.2, 0.25) is 0 Å². The van der Waals surface area contributed by atoms with E-state index < -0.39 is 0 Å². The van der Waals surface area contributed by atoms with Crippen LogP contribution in [0.4, 0.5) is 0 Å². The molecule has 0 heterocycles. The van der Waals surface area contributed by atoms with Crippen LogP contribution in [-0.4, -0.2) is 19.5 Å². The van der Waals surface area contributed by atoms with E-state index in [9.17, 15) is 4.79 Å². The maximum absolute atomic E-state index is 11.3. The minimum atomic E-state index is 0.0353. The Morgan fingerprint density at radius 3 is 2.62 bits per heavy atom. The molecule has 1 aliphatic carbocycles. The highest BCUT2D eigenvalue weighted by molar-refractivity contribution is 5.78. The average molecular weight is 184 g/mol. The van der Waals surface area contributed by atoms with E-state index in [-0.39, 0.29) is 11.8 Å². The molecule has 0 aromatic rings. The summed E-state index contributed by atoms with van der Waals surface area (Å²) in [6.45, 7) is 0.482. The molecule has 0 aliphatic heterocycles. The monoisotopic (exact) mass is 184 g/mol. The van der Waals surface area contributed by atoms with Gasteiger partial charge in [-0.05, 0) is 12.3 Å². The molecular weight excluding hydrogens is 164 g/mol. The lowest BCUT2D eigenvalue weighted by Gasteiger charge is -2.16. The van der Waals surface area contributed by atoms with Gasteiger partial charge in [-0.15, -0.1) is 0 Å². The molecule has 0 aromatic heterocycles. The van der Waals surface area contributed by atoms with Gasteiger partial charge in [0, 0.05) is 13.6 Å². The third-order valence-electron chi connectivity index (χ3n) is 2.99. The maximum atomic E-state index is 11.3. The van der Waals surface area contributed by atoms with Crippen molar-refractivity contribution < 1.29 is 4.79 Å². The number of nitrogens with two attached hydrogens (primary N) is 1. The minimum absolute atomic E-state index is 0.0353. The fourth-order valence-corrected chi connectivity index (χ4v) is 2.16. The summed E-state index contributed by atoms with van der Waals surface area (Å²) in [5, 5.41) is 2.67. The predicted octanol–water partition coefficient (Wildman–Crippen LogP) is 0.888. The number of nitrogens with one attached hydrogen (secondary N) is 1. The smallest absolute Gasteiger partial charge is 0.224 e. The van der Waals surface area contributed by atoms with Crippen molar-refractivity contribution in [3.05, 3.63) is 0 Å². The second-order valence-electron chi connectivity index (χ2n) is 3.93. The lowest BCUT2D eigenvalue weighted by atomic mass is 9.93. The summed E-state index contributed by atoms with van der Waals surface area (Å²) in [6, 6.07) is 0. The molecule has 3 N–H and O–H groups in total. The first-order valence-electron chi connectivity index (χ1n) is 5.19. The Morgan fingerprint density at radius 2 is 2.15 bits per heavy atom. The lowest BCUT2D eigenvalue weighted by Crippen LogP contribution is -2.33. The van der Waals surface area contributed by atoms with Crippen LogP contribution in [0, 0.1) is 11.8 Å². The third-order valence-corrected chi connectivity index (χ3v) is 2.99. The van der Waals surface area contributed by atoms with Crippen molar-refractivity contribution in [2.75, 3.05) is 13.6 Å². The van der Waals surface area contributed by atoms with Gasteiger partial charge in [-0.3, -0.25) is 4.79 Å². The molecular formula is C10H20N2O. The number of hydrogen-bond acceptors (Lipinski definition) is 2. The molecule has 0 aromatic carbocycles. The summed E-state index contributed by atoms with van der Waals surface area (Å²) in [6.07, 6.45) is 6.21. The number of hydrogen-bond donors (Lipinski definition) is 2. The maximum Gasteiger partial charge on any atom is 0.224 e. The van der Waals surface area contributed by atoms with Crippen molar-refractivity contribution in [2.45, 2.75) is 32.1 Å². The number of carbonyl (C=O) groups excluding carboxylic acids is 1. The highest BCUT2D eigenvalue weighted by Crippen LogP contribution is 2.30. The predicted molar refractivity (Wildman–Crippen MR) is 53.2 cm³/mol. The van der Waals surface area contributed by atoms with Crippen molar-refractivity contribution in [1.82, 2.24) is 5.32 Å². The molecule has 3 nitrogen and oxygen atoms in total. The normalized spacial score (nSPS) is 20.2. The van der Waals surface area contributed by atoms with E-state index in [2.05, 4.69) is 5.32 Å². The Bertz CT molecular complexity index is 164. The van der Waals surface area contributed by atoms with Crippen LogP contribution < -0.4 is 11.1 Å². The summed E-state index contributed by atoms with van der Waals surface area (Å²) >= 11 is 0. The van der Waals surface area contributed by atoms with E-state index in [1.54, 1.807) is 7.05 Å². The molecule has 1 unspecified atom stereocenters. The second-order valence-corrected chi connectivity index (χ2v) is 3.93. The molecule has 3 heteroatoms. The van der Waals surface area contributed by atoms with E-state index in [0.29, 0.717) is 6.54 Å². The first-order valence-corrected chi connectivity index (χ1v) is 5.19. The van der Waals surface area contributed by atoms with E-state index in [0.717, 1.165) is 12.3 Å². The number of carbonyl (C=O) groups is 1. The summed E-state index contributed by atoms with van der Waals surface area (Å²) in [5.74, 6) is 0.883. The highest BCUT2D eigenvalue weighted by atomic mass is 16.1. The first-order chi connectivity index (χ1) is 6.27. The summed E-state index contributed by atoms with van der Waals surface area (Å²) in [4.78, 5) is 11.3. The van der Waals surface area contributed by atoms with Crippen LogP contribution in [0.5, 0.6) is 0 Å². The van der Waals surface area contributed by atoms with Crippen molar-refractivity contribution in [3.63, 3.8) is 0 Å². The molecule has 13 heavy (non-hydrogen) atoms. The van der Waals surface area contributed by atoms with Crippen molar-refractivity contribution in [2.24, 2.45) is 17.6 Å². The van der Waals surface area contributed by atoms with E-state index >= 15 is 0 Å². The minimum Gasteiger partial charge on any atom is -0.359 e. The Morgan fingerprint density at radius 1 is 1.54 bits per heavy atom. The van der Waals surface area contributed by atoms with Gasteiger partial charge in [0.05, 0.1) is 5.92 Å². The zero-order chi connectivity index (χ0) is 9.68. The van der Waals surface area contributed by atoms with Crippen LogP contribution in [0.15, 0.2) is 0 Å². The standard InChI is InChI=1S/C10H20N2O/c1-12-10(13)9(7-11)6-8-4-2-3-5-8/h8-9H,2-7,11H2,1H3,(H,12,13). The Balaban J connectivity index is 2.33. The molecule has 0 spiro atoms. The molecule has 1 saturated carbocycles. The molecule has 0 bridgehead atoms. The molecule has 1 fully saturated rings. The Labute approximate surface area is 80.1 Å². The van der Waals surface area contributed by atoms with Gasteiger partial charge in [-0.25, -0.2) is 0 Å². The van der Waals surface area contributed by atoms with Crippen molar-refractivity contribution in [1.29, 1.82) is 0 Å². The molecule has 1 rings (SSSR count). The fraction of sp³-hybridized carbons (Fsp3) is 0.900. The van der Waals surface area contributed by atoms with E-state index in [1.807, 2.05) is 0 Å². The van der Waals surface area contributed by atoms with Gasteiger partial charge in [0.1, 0.15) is 0 Å². The zero-order valence-corrected chi connectivity index (χ0v) is 8.38. The van der Waals surface area contributed by atoms with Crippen molar-refractivity contribution >= 4 is 5.91 Å². The van der Waals surface area contributed by atoms with Crippen LogP contribution in [0.25, 0.3) is 0 Å². The number of amides is 1. The quantitative estimate of drug-likeness (QED) is 0.681. The summed E-state index contributed by atoms with van der Waals surface area (Å²) in [5.41, 5.74) is 5.57. The second kappa shape index (κ2) is 5.22. The summed E-state index contributed by atoms with van der Waals surface area (Å²) in [7, 11) is 1.68. The largest absolute Gasteiger partial charge is 0.359 e. The van der Waals surface area contributed by atoms with Crippen LogP contribution in [0.3, 0.4) is 0 Å². The SMILES string of the molecule is CNC(=O)C(CN)CC1CCCC1. The molecule has 0 saturated heterocycles. The fourth-order valence-electron chi connectivity index (χ4n) is 2.16. The van der Waals surface area contributed by atoms with Crippen LogP contribution in [-0.2, 0) is 4.79 Å². The third kappa shape index (κ3) is 2.99.